The summed E-state index contributed by atoms with van der Waals surface area (Å²) in [7, 11) is 1.68. The predicted octanol–water partition coefficient (Wildman–Crippen LogP) is 1.83. The van der Waals surface area contributed by atoms with E-state index in [-0.39, 0.29) is 0 Å². The molecule has 0 fully saturated rings. The minimum atomic E-state index is 0.598. The molecule has 1 unspecified atom stereocenters. The first kappa shape index (κ1) is 16.8. The van der Waals surface area contributed by atoms with Gasteiger partial charge in [-0.25, -0.2) is 0 Å². The van der Waals surface area contributed by atoms with E-state index in [1.54, 1.807) is 7.11 Å². The fraction of sp³-hybridized carbons (Fsp3) is 1.00. The SMILES string of the molecule is CCCC(C)NCCOCCCOCCOC. The molecular formula is C13H29NO3. The van der Waals surface area contributed by atoms with Crippen LogP contribution in [0.3, 0.4) is 0 Å². The lowest BCUT2D eigenvalue weighted by Gasteiger charge is -2.12. The molecular weight excluding hydrogens is 218 g/mol. The number of nitrogens with one attached hydrogen (secondary N) is 1. The van der Waals surface area contributed by atoms with Gasteiger partial charge in [-0.3, -0.25) is 0 Å². The van der Waals surface area contributed by atoms with Crippen molar-refractivity contribution in [2.45, 2.75) is 39.2 Å². The van der Waals surface area contributed by atoms with E-state index in [0.717, 1.165) is 32.8 Å². The lowest BCUT2D eigenvalue weighted by atomic mass is 10.2. The maximum Gasteiger partial charge on any atom is 0.0700 e. The molecule has 1 N–H and O–H groups in total. The van der Waals surface area contributed by atoms with E-state index in [2.05, 4.69) is 19.2 Å². The molecule has 0 spiro atoms. The summed E-state index contributed by atoms with van der Waals surface area (Å²) in [6.07, 6.45) is 3.41. The fourth-order valence-corrected chi connectivity index (χ4v) is 1.52. The van der Waals surface area contributed by atoms with Crippen molar-refractivity contribution in [3.05, 3.63) is 0 Å². The van der Waals surface area contributed by atoms with E-state index >= 15 is 0 Å². The summed E-state index contributed by atoms with van der Waals surface area (Å²) in [4.78, 5) is 0. The van der Waals surface area contributed by atoms with Gasteiger partial charge in [0.05, 0.1) is 19.8 Å². The largest absolute Gasteiger partial charge is 0.382 e. The van der Waals surface area contributed by atoms with Crippen LogP contribution in [0.15, 0.2) is 0 Å². The maximum absolute atomic E-state index is 5.49. The molecule has 0 aromatic carbocycles. The lowest BCUT2D eigenvalue weighted by Crippen LogP contribution is -2.29. The van der Waals surface area contributed by atoms with Gasteiger partial charge in [0.2, 0.25) is 0 Å². The van der Waals surface area contributed by atoms with Gasteiger partial charge in [-0.2, -0.15) is 0 Å². The molecule has 0 saturated carbocycles. The first-order valence-corrected chi connectivity index (χ1v) is 6.69. The molecule has 0 aliphatic heterocycles. The van der Waals surface area contributed by atoms with Crippen molar-refractivity contribution in [1.82, 2.24) is 5.32 Å². The van der Waals surface area contributed by atoms with Gasteiger partial charge in [0, 0.05) is 32.9 Å². The topological polar surface area (TPSA) is 39.7 Å². The van der Waals surface area contributed by atoms with Crippen LogP contribution in [0, 0.1) is 0 Å². The maximum atomic E-state index is 5.49. The van der Waals surface area contributed by atoms with Crippen LogP contribution in [0.4, 0.5) is 0 Å². The molecule has 0 aromatic rings. The summed E-state index contributed by atoms with van der Waals surface area (Å²) in [6, 6.07) is 0.598. The quantitative estimate of drug-likeness (QED) is 0.504. The highest BCUT2D eigenvalue weighted by Crippen LogP contribution is 1.93. The molecule has 0 aliphatic rings. The van der Waals surface area contributed by atoms with E-state index in [0.29, 0.717) is 19.3 Å². The Morgan fingerprint density at radius 2 is 1.71 bits per heavy atom. The van der Waals surface area contributed by atoms with Crippen LogP contribution in [0.25, 0.3) is 0 Å². The van der Waals surface area contributed by atoms with Crippen molar-refractivity contribution in [2.24, 2.45) is 0 Å². The third kappa shape index (κ3) is 13.8. The lowest BCUT2D eigenvalue weighted by molar-refractivity contribution is 0.0516. The summed E-state index contributed by atoms with van der Waals surface area (Å²) in [5, 5.41) is 3.43. The highest BCUT2D eigenvalue weighted by atomic mass is 16.5. The summed E-state index contributed by atoms with van der Waals surface area (Å²) < 4.78 is 15.7. The van der Waals surface area contributed by atoms with Crippen LogP contribution in [0.2, 0.25) is 0 Å². The molecule has 0 heterocycles. The third-order valence-corrected chi connectivity index (χ3v) is 2.47. The van der Waals surface area contributed by atoms with Gasteiger partial charge in [0.15, 0.2) is 0 Å². The van der Waals surface area contributed by atoms with Crippen LogP contribution in [-0.4, -0.2) is 52.7 Å². The Labute approximate surface area is 106 Å². The Bertz CT molecular complexity index is 145. The van der Waals surface area contributed by atoms with Crippen LogP contribution in [0.5, 0.6) is 0 Å². The van der Waals surface area contributed by atoms with E-state index in [9.17, 15) is 0 Å². The zero-order valence-corrected chi connectivity index (χ0v) is 11.7. The first-order chi connectivity index (χ1) is 8.31. The molecule has 1 atom stereocenters. The zero-order valence-electron chi connectivity index (χ0n) is 11.7. The van der Waals surface area contributed by atoms with Gasteiger partial charge in [0.25, 0.3) is 0 Å². The Balaban J connectivity index is 2.98. The smallest absolute Gasteiger partial charge is 0.0700 e. The molecule has 4 heteroatoms. The molecule has 0 aliphatic carbocycles. The highest BCUT2D eigenvalue weighted by Gasteiger charge is 1.98. The van der Waals surface area contributed by atoms with E-state index < -0.39 is 0 Å². The van der Waals surface area contributed by atoms with E-state index in [1.165, 1.54) is 12.8 Å². The second-order valence-electron chi connectivity index (χ2n) is 4.21. The summed E-state index contributed by atoms with van der Waals surface area (Å²) >= 11 is 0. The van der Waals surface area contributed by atoms with Crippen LogP contribution >= 0.6 is 0 Å². The van der Waals surface area contributed by atoms with E-state index in [4.69, 9.17) is 14.2 Å². The molecule has 17 heavy (non-hydrogen) atoms. The van der Waals surface area contributed by atoms with Crippen molar-refractivity contribution in [1.29, 1.82) is 0 Å². The van der Waals surface area contributed by atoms with E-state index in [1.807, 2.05) is 0 Å². The second kappa shape index (κ2) is 13.9. The predicted molar refractivity (Wildman–Crippen MR) is 70.5 cm³/mol. The molecule has 0 saturated heterocycles. The fourth-order valence-electron chi connectivity index (χ4n) is 1.52. The number of ether oxygens (including phenoxy) is 3. The monoisotopic (exact) mass is 247 g/mol. The van der Waals surface area contributed by atoms with Crippen molar-refractivity contribution >= 4 is 0 Å². The van der Waals surface area contributed by atoms with Crippen LogP contribution < -0.4 is 5.32 Å². The molecule has 0 aromatic heterocycles. The Hall–Kier alpha value is -0.160. The van der Waals surface area contributed by atoms with Crippen molar-refractivity contribution in [3.63, 3.8) is 0 Å². The summed E-state index contributed by atoms with van der Waals surface area (Å²) in [6.45, 7) is 9.01. The highest BCUT2D eigenvalue weighted by molar-refractivity contribution is 4.58. The van der Waals surface area contributed by atoms with Gasteiger partial charge in [-0.15, -0.1) is 0 Å². The Morgan fingerprint density at radius 1 is 1.00 bits per heavy atom. The zero-order chi connectivity index (χ0) is 12.8. The number of methoxy groups -OCH3 is 1. The average molecular weight is 247 g/mol. The van der Waals surface area contributed by atoms with Gasteiger partial charge < -0.3 is 19.5 Å². The van der Waals surface area contributed by atoms with Gasteiger partial charge >= 0.3 is 0 Å². The van der Waals surface area contributed by atoms with Crippen LogP contribution in [-0.2, 0) is 14.2 Å². The molecule has 4 nitrogen and oxygen atoms in total. The summed E-state index contributed by atoms with van der Waals surface area (Å²) in [5.74, 6) is 0. The van der Waals surface area contributed by atoms with Crippen molar-refractivity contribution in [3.8, 4) is 0 Å². The number of hydrogen-bond acceptors (Lipinski definition) is 4. The minimum Gasteiger partial charge on any atom is -0.382 e. The first-order valence-electron chi connectivity index (χ1n) is 6.69. The van der Waals surface area contributed by atoms with Crippen molar-refractivity contribution < 1.29 is 14.2 Å². The van der Waals surface area contributed by atoms with Gasteiger partial charge in [-0.05, 0) is 19.8 Å². The van der Waals surface area contributed by atoms with Gasteiger partial charge in [0.1, 0.15) is 0 Å². The number of rotatable bonds is 13. The Kier molecular flexibility index (Phi) is 13.8. The van der Waals surface area contributed by atoms with Crippen molar-refractivity contribution in [2.75, 3.05) is 46.7 Å². The molecule has 0 rings (SSSR count). The average Bonchev–Trinajstić information content (AvgIpc) is 2.32. The minimum absolute atomic E-state index is 0.598. The standard InChI is InChI=1S/C13H29NO3/c1-4-6-13(2)14-7-10-16-8-5-9-17-12-11-15-3/h13-14H,4-12H2,1-3H3. The van der Waals surface area contributed by atoms with Crippen LogP contribution in [0.1, 0.15) is 33.1 Å². The third-order valence-electron chi connectivity index (χ3n) is 2.47. The molecule has 0 bridgehead atoms. The second-order valence-corrected chi connectivity index (χ2v) is 4.21. The summed E-state index contributed by atoms with van der Waals surface area (Å²) in [5.41, 5.74) is 0. The molecule has 0 amide bonds. The normalized spacial score (nSPS) is 12.9. The Morgan fingerprint density at radius 3 is 2.35 bits per heavy atom. The molecule has 0 radical (unpaired) electrons. The number of hydrogen-bond donors (Lipinski definition) is 1. The van der Waals surface area contributed by atoms with Gasteiger partial charge in [-0.1, -0.05) is 13.3 Å². The molecule has 104 valence electrons.